The van der Waals surface area contributed by atoms with Gasteiger partial charge in [0, 0.05) is 18.7 Å². The van der Waals surface area contributed by atoms with Crippen LogP contribution in [-0.4, -0.2) is 16.0 Å². The maximum atomic E-state index is 5.96. The van der Waals surface area contributed by atoms with Gasteiger partial charge in [-0.15, -0.1) is 0 Å². The Morgan fingerprint density at radius 2 is 1.96 bits per heavy atom. The van der Waals surface area contributed by atoms with Gasteiger partial charge >= 0.3 is 0 Å². The molecule has 4 nitrogen and oxygen atoms in total. The van der Waals surface area contributed by atoms with Crippen LogP contribution in [0.5, 0.6) is 11.5 Å². The molecule has 3 aromatic rings. The van der Waals surface area contributed by atoms with Crippen molar-refractivity contribution in [3.05, 3.63) is 54.4 Å². The maximum Gasteiger partial charge on any atom is 0.129 e. The summed E-state index contributed by atoms with van der Waals surface area (Å²) < 4.78 is 5.96. The van der Waals surface area contributed by atoms with E-state index < -0.39 is 0 Å². The molecule has 136 valence electrons. The number of ether oxygens (including phenoxy) is 1. The van der Waals surface area contributed by atoms with Gasteiger partial charge < -0.3 is 15.0 Å². The predicted molar refractivity (Wildman–Crippen MR) is 105 cm³/mol. The zero-order valence-electron chi connectivity index (χ0n) is 15.6. The van der Waals surface area contributed by atoms with Crippen molar-refractivity contribution >= 4 is 11.0 Å². The van der Waals surface area contributed by atoms with E-state index in [1.165, 1.54) is 31.2 Å². The average molecular weight is 349 g/mol. The lowest BCUT2D eigenvalue weighted by molar-refractivity contribution is 0.198. The van der Waals surface area contributed by atoms with Crippen molar-refractivity contribution in [2.75, 3.05) is 0 Å². The lowest BCUT2D eigenvalue weighted by atomic mass is 9.75. The van der Waals surface area contributed by atoms with Crippen LogP contribution in [0.15, 0.2) is 48.8 Å². The number of rotatable bonds is 5. The molecule has 0 aliphatic heterocycles. The molecule has 2 N–H and O–H groups in total. The van der Waals surface area contributed by atoms with E-state index in [2.05, 4.69) is 41.3 Å². The average Bonchev–Trinajstić information content (AvgIpc) is 3.08. The van der Waals surface area contributed by atoms with E-state index in [-0.39, 0.29) is 0 Å². The lowest BCUT2D eigenvalue weighted by Crippen LogP contribution is -2.36. The van der Waals surface area contributed by atoms with Crippen molar-refractivity contribution in [1.82, 2.24) is 15.3 Å². The van der Waals surface area contributed by atoms with Gasteiger partial charge in [0.2, 0.25) is 0 Å². The van der Waals surface area contributed by atoms with Crippen molar-refractivity contribution in [3.8, 4) is 11.5 Å². The summed E-state index contributed by atoms with van der Waals surface area (Å²) >= 11 is 0. The Morgan fingerprint density at radius 1 is 1.15 bits per heavy atom. The highest BCUT2D eigenvalue weighted by atomic mass is 16.5. The van der Waals surface area contributed by atoms with Crippen LogP contribution >= 0.6 is 0 Å². The van der Waals surface area contributed by atoms with Crippen molar-refractivity contribution in [3.63, 3.8) is 0 Å². The van der Waals surface area contributed by atoms with Crippen molar-refractivity contribution < 1.29 is 4.74 Å². The number of hydrogen-bond acceptors (Lipinski definition) is 3. The molecule has 0 amide bonds. The summed E-state index contributed by atoms with van der Waals surface area (Å²) in [5.74, 6) is 1.67. The van der Waals surface area contributed by atoms with Gasteiger partial charge in [-0.05, 0) is 54.5 Å². The Balaban J connectivity index is 1.34. The fourth-order valence-electron chi connectivity index (χ4n) is 3.92. The van der Waals surface area contributed by atoms with Crippen LogP contribution in [-0.2, 0) is 6.54 Å². The molecule has 1 aliphatic rings. The molecule has 4 heteroatoms. The summed E-state index contributed by atoms with van der Waals surface area (Å²) in [4.78, 5) is 7.34. The van der Waals surface area contributed by atoms with E-state index in [0.717, 1.165) is 29.1 Å². The minimum Gasteiger partial charge on any atom is -0.457 e. The van der Waals surface area contributed by atoms with Crippen molar-refractivity contribution in [2.45, 2.75) is 52.1 Å². The summed E-state index contributed by atoms with van der Waals surface area (Å²) in [5, 5.41) is 3.73. The second-order valence-corrected chi connectivity index (χ2v) is 8.17. The number of benzene rings is 2. The number of nitrogens with zero attached hydrogens (tertiary/aromatic N) is 1. The topological polar surface area (TPSA) is 49.9 Å². The smallest absolute Gasteiger partial charge is 0.129 e. The van der Waals surface area contributed by atoms with Gasteiger partial charge in [-0.25, -0.2) is 4.98 Å². The summed E-state index contributed by atoms with van der Waals surface area (Å²) in [7, 11) is 0. The van der Waals surface area contributed by atoms with Crippen molar-refractivity contribution in [2.24, 2.45) is 5.41 Å². The van der Waals surface area contributed by atoms with Crippen LogP contribution < -0.4 is 10.1 Å². The Kier molecular flexibility index (Phi) is 4.68. The van der Waals surface area contributed by atoms with Crippen LogP contribution in [0.4, 0.5) is 0 Å². The highest BCUT2D eigenvalue weighted by Gasteiger charge is 2.27. The molecule has 2 aromatic carbocycles. The molecule has 1 aliphatic carbocycles. The molecular weight excluding hydrogens is 322 g/mol. The first-order chi connectivity index (χ1) is 12.6. The summed E-state index contributed by atoms with van der Waals surface area (Å²) in [6.45, 7) is 5.68. The number of nitrogens with one attached hydrogen (secondary N) is 2. The van der Waals surface area contributed by atoms with E-state index >= 15 is 0 Å². The third-order valence-corrected chi connectivity index (χ3v) is 5.35. The third-order valence-electron chi connectivity index (χ3n) is 5.35. The molecule has 0 radical (unpaired) electrons. The molecule has 1 fully saturated rings. The van der Waals surface area contributed by atoms with Crippen LogP contribution in [0.25, 0.3) is 11.0 Å². The summed E-state index contributed by atoms with van der Waals surface area (Å²) in [6.07, 6.45) is 6.94. The van der Waals surface area contributed by atoms with E-state index in [4.69, 9.17) is 4.74 Å². The highest BCUT2D eigenvalue weighted by molar-refractivity contribution is 5.76. The number of fused-ring (bicyclic) bond motifs is 1. The largest absolute Gasteiger partial charge is 0.457 e. The molecule has 0 spiro atoms. The van der Waals surface area contributed by atoms with Crippen LogP contribution in [0.2, 0.25) is 0 Å². The first-order valence-corrected chi connectivity index (χ1v) is 9.51. The monoisotopic (exact) mass is 349 g/mol. The second-order valence-electron chi connectivity index (χ2n) is 8.17. The van der Waals surface area contributed by atoms with Crippen LogP contribution in [0, 0.1) is 5.41 Å². The fourth-order valence-corrected chi connectivity index (χ4v) is 3.92. The van der Waals surface area contributed by atoms with Crippen LogP contribution in [0.1, 0.15) is 45.1 Å². The molecule has 1 aromatic heterocycles. The Hall–Kier alpha value is -2.33. The number of H-pyrrole nitrogens is 1. The first kappa shape index (κ1) is 17.1. The van der Waals surface area contributed by atoms with Gasteiger partial charge in [0.1, 0.15) is 11.5 Å². The van der Waals surface area contributed by atoms with Gasteiger partial charge in [0.25, 0.3) is 0 Å². The number of imidazole rings is 1. The molecule has 1 atom stereocenters. The summed E-state index contributed by atoms with van der Waals surface area (Å²) in [5.41, 5.74) is 3.71. The zero-order valence-corrected chi connectivity index (χ0v) is 15.6. The SMILES string of the molecule is CC1(C)CCC[C@H](NCc2ccc(Oc3ccc4nc[nH]c4c3)cc2)C1. The Labute approximate surface area is 155 Å². The normalized spacial score (nSPS) is 19.5. The summed E-state index contributed by atoms with van der Waals surface area (Å²) in [6, 6.07) is 14.9. The molecule has 0 unspecified atom stereocenters. The van der Waals surface area contributed by atoms with Crippen LogP contribution in [0.3, 0.4) is 0 Å². The lowest BCUT2D eigenvalue weighted by Gasteiger charge is -2.35. The minimum atomic E-state index is 0.476. The first-order valence-electron chi connectivity index (χ1n) is 9.51. The van der Waals surface area contributed by atoms with E-state index in [9.17, 15) is 0 Å². The van der Waals surface area contributed by atoms with Gasteiger partial charge in [0.05, 0.1) is 17.4 Å². The number of aromatic amines is 1. The molecule has 26 heavy (non-hydrogen) atoms. The molecule has 0 bridgehead atoms. The van der Waals surface area contributed by atoms with Gasteiger partial charge in [0.15, 0.2) is 0 Å². The standard InChI is InChI=1S/C22H27N3O/c1-22(2)11-3-4-17(13-22)23-14-16-5-7-18(8-6-16)26-19-9-10-20-21(12-19)25-15-24-20/h5-10,12,15,17,23H,3-4,11,13-14H2,1-2H3,(H,24,25)/t17-/m0/s1. The second kappa shape index (κ2) is 7.12. The van der Waals surface area contributed by atoms with E-state index in [1.807, 2.05) is 30.3 Å². The fraction of sp³-hybridized carbons (Fsp3) is 0.409. The Bertz CT molecular complexity index is 866. The van der Waals surface area contributed by atoms with E-state index in [0.29, 0.717) is 11.5 Å². The van der Waals surface area contributed by atoms with Gasteiger partial charge in [-0.2, -0.15) is 0 Å². The zero-order chi connectivity index (χ0) is 18.0. The quantitative estimate of drug-likeness (QED) is 0.647. The van der Waals surface area contributed by atoms with E-state index in [1.54, 1.807) is 6.33 Å². The minimum absolute atomic E-state index is 0.476. The van der Waals surface area contributed by atoms with Gasteiger partial charge in [-0.3, -0.25) is 0 Å². The third kappa shape index (κ3) is 4.07. The maximum absolute atomic E-state index is 5.96. The number of hydrogen-bond donors (Lipinski definition) is 2. The Morgan fingerprint density at radius 3 is 2.77 bits per heavy atom. The molecule has 0 saturated heterocycles. The molecule has 1 saturated carbocycles. The molecular formula is C22H27N3O. The highest BCUT2D eigenvalue weighted by Crippen LogP contribution is 2.35. The van der Waals surface area contributed by atoms with Gasteiger partial charge in [-0.1, -0.05) is 32.4 Å². The van der Waals surface area contributed by atoms with Crippen molar-refractivity contribution in [1.29, 1.82) is 0 Å². The predicted octanol–water partition coefficient (Wildman–Crippen LogP) is 5.41. The molecule has 4 rings (SSSR count). The molecule has 1 heterocycles. The number of aromatic nitrogens is 2.